The summed E-state index contributed by atoms with van der Waals surface area (Å²) >= 11 is 0. The van der Waals surface area contributed by atoms with Crippen LogP contribution in [0.5, 0.6) is 0 Å². The van der Waals surface area contributed by atoms with Crippen LogP contribution in [-0.2, 0) is 10.0 Å². The van der Waals surface area contributed by atoms with Crippen LogP contribution in [-0.4, -0.2) is 30.3 Å². The van der Waals surface area contributed by atoms with E-state index in [4.69, 9.17) is 5.14 Å². The quantitative estimate of drug-likeness (QED) is 0.671. The lowest BCUT2D eigenvalue weighted by Crippen LogP contribution is -2.47. The zero-order valence-electron chi connectivity index (χ0n) is 17.3. The van der Waals surface area contributed by atoms with Crippen molar-refractivity contribution in [2.45, 2.75) is 51.0 Å². The molecule has 3 atom stereocenters. The van der Waals surface area contributed by atoms with E-state index < -0.39 is 10.0 Å². The molecule has 2 bridgehead atoms. The highest BCUT2D eigenvalue weighted by Crippen LogP contribution is 2.65. The number of carbonyl (C=O) groups excluding carboxylic acids is 1. The fourth-order valence-electron chi connectivity index (χ4n) is 5.08. The maximum absolute atomic E-state index is 12.9. The van der Waals surface area contributed by atoms with E-state index in [9.17, 15) is 13.2 Å². The Morgan fingerprint density at radius 2 is 2.00 bits per heavy atom. The minimum Gasteiger partial charge on any atom is -0.347 e. The lowest BCUT2D eigenvalue weighted by Gasteiger charge is -2.39. The number of carbonyl (C=O) groups is 1. The molecule has 0 aliphatic heterocycles. The summed E-state index contributed by atoms with van der Waals surface area (Å²) in [6.07, 6.45) is 4.83. The summed E-state index contributed by atoms with van der Waals surface area (Å²) in [7, 11) is -3.82. The largest absolute Gasteiger partial charge is 0.347 e. The molecular formula is C21H27N5O3S. The zero-order valence-corrected chi connectivity index (χ0v) is 18.2. The molecule has 0 radical (unpaired) electrons. The third-order valence-electron chi connectivity index (χ3n) is 7.41. The number of amides is 1. The summed E-state index contributed by atoms with van der Waals surface area (Å²) in [6, 6.07) is 7.73. The van der Waals surface area contributed by atoms with Crippen LogP contribution in [0.25, 0.3) is 0 Å². The second kappa shape index (κ2) is 7.02. The Kier molecular flexibility index (Phi) is 4.85. The molecule has 1 heterocycles. The van der Waals surface area contributed by atoms with Gasteiger partial charge in [-0.05, 0) is 60.3 Å². The number of aromatic nitrogens is 2. The van der Waals surface area contributed by atoms with E-state index in [1.54, 1.807) is 18.2 Å². The number of nitrogens with two attached hydrogens (primary N) is 1. The second-order valence-corrected chi connectivity index (χ2v) is 10.7. The van der Waals surface area contributed by atoms with Gasteiger partial charge in [0.15, 0.2) is 0 Å². The number of sulfonamides is 1. The maximum Gasteiger partial charge on any atom is 0.270 e. The van der Waals surface area contributed by atoms with Crippen LogP contribution in [0.4, 0.5) is 11.6 Å². The van der Waals surface area contributed by atoms with Gasteiger partial charge in [0.05, 0.1) is 4.90 Å². The van der Waals surface area contributed by atoms with Crippen molar-refractivity contribution in [1.82, 2.24) is 15.3 Å². The first-order valence-electron chi connectivity index (χ1n) is 10.0. The van der Waals surface area contributed by atoms with E-state index >= 15 is 0 Å². The average Bonchev–Trinajstić information content (AvgIpc) is 3.01. The molecule has 1 aromatic heterocycles. The maximum atomic E-state index is 12.9. The Morgan fingerprint density at radius 1 is 1.23 bits per heavy atom. The molecule has 2 saturated carbocycles. The minimum absolute atomic E-state index is 0.0199. The second-order valence-electron chi connectivity index (χ2n) is 9.10. The number of rotatable bonds is 5. The summed E-state index contributed by atoms with van der Waals surface area (Å²) < 4.78 is 23.1. The highest BCUT2D eigenvalue weighted by atomic mass is 32.2. The summed E-state index contributed by atoms with van der Waals surface area (Å²) in [5, 5.41) is 11.3. The van der Waals surface area contributed by atoms with Crippen LogP contribution in [0, 0.1) is 16.7 Å². The van der Waals surface area contributed by atoms with Crippen molar-refractivity contribution >= 4 is 27.6 Å². The number of hydrogen-bond acceptors (Lipinski definition) is 6. The predicted octanol–water partition coefficient (Wildman–Crippen LogP) is 2.81. The van der Waals surface area contributed by atoms with E-state index in [2.05, 4.69) is 41.4 Å². The average molecular weight is 430 g/mol. The molecule has 4 rings (SSSR count). The van der Waals surface area contributed by atoms with Gasteiger partial charge in [0, 0.05) is 17.9 Å². The van der Waals surface area contributed by atoms with Gasteiger partial charge in [0.25, 0.3) is 5.91 Å². The molecule has 0 saturated heterocycles. The zero-order chi connectivity index (χ0) is 21.7. The van der Waals surface area contributed by atoms with Crippen molar-refractivity contribution in [1.29, 1.82) is 0 Å². The van der Waals surface area contributed by atoms with E-state index in [1.165, 1.54) is 24.8 Å². The molecule has 30 heavy (non-hydrogen) atoms. The standard InChI is InChI=1S/C21H27N5O3S/c1-20(2)13-7-9-21(20,3)17(11-13)26-18(27)16-8-10-23-19(25-16)24-14-5-4-6-15(12-14)30(22,28)29/h4-6,8,10,12-13,17H,7,9,11H2,1-3H3,(H,26,27)(H2,22,28,29)(H,23,24,25). The molecule has 1 aromatic carbocycles. The van der Waals surface area contributed by atoms with Crippen LogP contribution in [0.3, 0.4) is 0 Å². The molecular weight excluding hydrogens is 402 g/mol. The van der Waals surface area contributed by atoms with Crippen LogP contribution in [0.2, 0.25) is 0 Å². The Labute approximate surface area is 176 Å². The summed E-state index contributed by atoms with van der Waals surface area (Å²) in [6.45, 7) is 6.88. The number of nitrogens with zero attached hydrogens (tertiary/aromatic N) is 2. The number of nitrogens with one attached hydrogen (secondary N) is 2. The third kappa shape index (κ3) is 3.45. The Hall–Kier alpha value is -2.52. The van der Waals surface area contributed by atoms with E-state index in [0.29, 0.717) is 11.6 Å². The highest BCUT2D eigenvalue weighted by molar-refractivity contribution is 7.89. The first-order valence-corrected chi connectivity index (χ1v) is 11.6. The number of anilines is 2. The van der Waals surface area contributed by atoms with Crippen molar-refractivity contribution in [3.05, 3.63) is 42.2 Å². The fourth-order valence-corrected chi connectivity index (χ4v) is 5.64. The normalized spacial score (nSPS) is 27.1. The molecule has 8 nitrogen and oxygen atoms in total. The molecule has 2 aliphatic rings. The summed E-state index contributed by atoms with van der Waals surface area (Å²) in [4.78, 5) is 21.3. The van der Waals surface area contributed by atoms with Gasteiger partial charge in [-0.1, -0.05) is 26.8 Å². The lowest BCUT2D eigenvalue weighted by atomic mass is 9.69. The van der Waals surface area contributed by atoms with Crippen LogP contribution < -0.4 is 15.8 Å². The van der Waals surface area contributed by atoms with Gasteiger partial charge in [-0.3, -0.25) is 4.79 Å². The van der Waals surface area contributed by atoms with Crippen LogP contribution in [0.1, 0.15) is 50.5 Å². The molecule has 0 spiro atoms. The van der Waals surface area contributed by atoms with Gasteiger partial charge in [0.2, 0.25) is 16.0 Å². The first kappa shape index (κ1) is 20.7. The molecule has 2 aromatic rings. The number of benzene rings is 1. The highest BCUT2D eigenvalue weighted by Gasteiger charge is 2.61. The molecule has 4 N–H and O–H groups in total. The summed E-state index contributed by atoms with van der Waals surface area (Å²) in [5.41, 5.74) is 1.01. The lowest BCUT2D eigenvalue weighted by molar-refractivity contribution is 0.0821. The van der Waals surface area contributed by atoms with Crippen LogP contribution >= 0.6 is 0 Å². The van der Waals surface area contributed by atoms with Crippen molar-refractivity contribution in [3.63, 3.8) is 0 Å². The van der Waals surface area contributed by atoms with Crippen molar-refractivity contribution in [3.8, 4) is 0 Å². The predicted molar refractivity (Wildman–Crippen MR) is 114 cm³/mol. The molecule has 2 aliphatic carbocycles. The topological polar surface area (TPSA) is 127 Å². The van der Waals surface area contributed by atoms with Gasteiger partial charge in [-0.25, -0.2) is 23.5 Å². The SMILES string of the molecule is CC1(C)C2CCC1(C)C(NC(=O)c1ccnc(Nc3cccc(S(N)(=O)=O)c3)n1)C2. The number of fused-ring (bicyclic) bond motifs is 2. The van der Waals surface area contributed by atoms with Gasteiger partial charge in [-0.15, -0.1) is 0 Å². The van der Waals surface area contributed by atoms with Crippen molar-refractivity contribution in [2.24, 2.45) is 21.9 Å². The monoisotopic (exact) mass is 429 g/mol. The van der Waals surface area contributed by atoms with E-state index in [0.717, 1.165) is 12.8 Å². The number of primary sulfonamides is 1. The van der Waals surface area contributed by atoms with Crippen LogP contribution in [0.15, 0.2) is 41.4 Å². The van der Waals surface area contributed by atoms with Gasteiger partial charge in [0.1, 0.15) is 5.69 Å². The van der Waals surface area contributed by atoms with Gasteiger partial charge >= 0.3 is 0 Å². The smallest absolute Gasteiger partial charge is 0.270 e. The van der Waals surface area contributed by atoms with Gasteiger partial charge < -0.3 is 10.6 Å². The molecule has 2 fully saturated rings. The fraction of sp³-hybridized carbons (Fsp3) is 0.476. The van der Waals surface area contributed by atoms with Crippen molar-refractivity contribution in [2.75, 3.05) is 5.32 Å². The van der Waals surface area contributed by atoms with E-state index in [-0.39, 0.29) is 39.3 Å². The Balaban J connectivity index is 1.50. The summed E-state index contributed by atoms with van der Waals surface area (Å²) in [5.74, 6) is 0.601. The van der Waals surface area contributed by atoms with Crippen molar-refractivity contribution < 1.29 is 13.2 Å². The molecule has 3 unspecified atom stereocenters. The Bertz CT molecular complexity index is 1100. The molecule has 160 valence electrons. The Morgan fingerprint density at radius 3 is 2.63 bits per heavy atom. The van der Waals surface area contributed by atoms with Gasteiger partial charge in [-0.2, -0.15) is 0 Å². The third-order valence-corrected chi connectivity index (χ3v) is 8.32. The molecule has 9 heteroatoms. The molecule has 1 amide bonds. The number of hydrogen-bond donors (Lipinski definition) is 3. The first-order chi connectivity index (χ1) is 14.0. The minimum atomic E-state index is -3.82. The van der Waals surface area contributed by atoms with E-state index in [1.807, 2.05) is 0 Å².